The van der Waals surface area contributed by atoms with Crippen molar-refractivity contribution in [1.82, 2.24) is 5.32 Å². The summed E-state index contributed by atoms with van der Waals surface area (Å²) < 4.78 is 0. The second-order valence-corrected chi connectivity index (χ2v) is 3.85. The quantitative estimate of drug-likeness (QED) is 0.644. The number of rotatable bonds is 6. The molecule has 0 bridgehead atoms. The molecule has 3 nitrogen and oxygen atoms in total. The molecule has 1 rings (SSSR count). The molecule has 1 unspecified atom stereocenters. The fraction of sp³-hybridized carbons (Fsp3) is 0.455. The molecule has 15 heavy (non-hydrogen) atoms. The predicted molar refractivity (Wildman–Crippen MR) is 63.0 cm³/mol. The molecule has 0 spiro atoms. The highest BCUT2D eigenvalue weighted by molar-refractivity contribution is 6.30. The average Bonchev–Trinajstić information content (AvgIpc) is 2.25. The maximum atomic E-state index is 9.77. The predicted octanol–water partition coefficient (Wildman–Crippen LogP) is 1.31. The first kappa shape index (κ1) is 12.5. The van der Waals surface area contributed by atoms with Gasteiger partial charge in [0.2, 0.25) is 0 Å². The van der Waals surface area contributed by atoms with Crippen molar-refractivity contribution >= 4 is 11.6 Å². The number of aliphatic hydroxyl groups is 1. The highest BCUT2D eigenvalue weighted by Crippen LogP contribution is 2.15. The third-order valence-electron chi connectivity index (χ3n) is 2.15. The summed E-state index contributed by atoms with van der Waals surface area (Å²) in [5.74, 6) is 0. The minimum Gasteiger partial charge on any atom is -0.387 e. The van der Waals surface area contributed by atoms with Gasteiger partial charge in [-0.15, -0.1) is 0 Å². The van der Waals surface area contributed by atoms with Crippen LogP contribution in [0, 0.1) is 0 Å². The van der Waals surface area contributed by atoms with Crippen molar-refractivity contribution in [2.45, 2.75) is 12.5 Å². The molecule has 0 aliphatic carbocycles. The van der Waals surface area contributed by atoms with Crippen LogP contribution in [0.25, 0.3) is 0 Å². The molecule has 1 atom stereocenters. The van der Waals surface area contributed by atoms with Gasteiger partial charge in [0, 0.05) is 11.6 Å². The lowest BCUT2D eigenvalue weighted by atomic mass is 10.1. The van der Waals surface area contributed by atoms with Crippen LogP contribution in [0.15, 0.2) is 24.3 Å². The smallest absolute Gasteiger partial charge is 0.0914 e. The number of nitrogens with one attached hydrogen (secondary N) is 1. The van der Waals surface area contributed by atoms with E-state index in [4.69, 9.17) is 17.3 Å². The molecule has 0 heterocycles. The van der Waals surface area contributed by atoms with Crippen molar-refractivity contribution in [3.63, 3.8) is 0 Å². The second-order valence-electron chi connectivity index (χ2n) is 3.41. The van der Waals surface area contributed by atoms with Crippen LogP contribution in [0.1, 0.15) is 18.1 Å². The first-order valence-corrected chi connectivity index (χ1v) is 5.46. The number of hydrogen-bond donors (Lipinski definition) is 3. The van der Waals surface area contributed by atoms with Gasteiger partial charge in [-0.2, -0.15) is 0 Å². The Kier molecular flexibility index (Phi) is 5.65. The number of benzene rings is 1. The Balaban J connectivity index is 2.33. The van der Waals surface area contributed by atoms with Crippen LogP contribution >= 0.6 is 11.6 Å². The molecule has 0 aromatic heterocycles. The molecule has 84 valence electrons. The van der Waals surface area contributed by atoms with Crippen molar-refractivity contribution in [3.05, 3.63) is 34.9 Å². The van der Waals surface area contributed by atoms with E-state index in [2.05, 4.69) is 5.32 Å². The Morgan fingerprint density at radius 2 is 2.00 bits per heavy atom. The Labute approximate surface area is 95.2 Å². The normalized spacial score (nSPS) is 12.7. The molecular formula is C11H17ClN2O. The summed E-state index contributed by atoms with van der Waals surface area (Å²) in [5.41, 5.74) is 6.23. The van der Waals surface area contributed by atoms with Gasteiger partial charge in [-0.05, 0) is 37.2 Å². The monoisotopic (exact) mass is 228 g/mol. The lowest BCUT2D eigenvalue weighted by Gasteiger charge is -2.11. The Bertz CT molecular complexity index is 276. The van der Waals surface area contributed by atoms with E-state index in [9.17, 15) is 5.11 Å². The van der Waals surface area contributed by atoms with Crippen molar-refractivity contribution in [2.24, 2.45) is 5.73 Å². The van der Waals surface area contributed by atoms with Crippen LogP contribution in [0.4, 0.5) is 0 Å². The van der Waals surface area contributed by atoms with E-state index in [0.29, 0.717) is 18.1 Å². The fourth-order valence-electron chi connectivity index (χ4n) is 1.27. The third-order valence-corrected chi connectivity index (χ3v) is 2.40. The zero-order valence-corrected chi connectivity index (χ0v) is 9.37. The lowest BCUT2D eigenvalue weighted by molar-refractivity contribution is 0.175. The summed E-state index contributed by atoms with van der Waals surface area (Å²) in [5, 5.41) is 13.6. The van der Waals surface area contributed by atoms with Crippen LogP contribution in [0.5, 0.6) is 0 Å². The molecule has 4 N–H and O–H groups in total. The summed E-state index contributed by atoms with van der Waals surface area (Å²) in [6.45, 7) is 2.05. The van der Waals surface area contributed by atoms with Gasteiger partial charge in [0.05, 0.1) is 6.10 Å². The second kappa shape index (κ2) is 6.80. The van der Waals surface area contributed by atoms with Crippen molar-refractivity contribution < 1.29 is 5.11 Å². The SMILES string of the molecule is NCCCNCC(O)c1ccc(Cl)cc1. The van der Waals surface area contributed by atoms with Crippen molar-refractivity contribution in [1.29, 1.82) is 0 Å². The molecule has 0 amide bonds. The molecule has 1 aromatic carbocycles. The van der Waals surface area contributed by atoms with E-state index in [-0.39, 0.29) is 0 Å². The molecule has 0 aliphatic heterocycles. The molecule has 0 radical (unpaired) electrons. The van der Waals surface area contributed by atoms with Crippen molar-refractivity contribution in [2.75, 3.05) is 19.6 Å². The number of nitrogens with two attached hydrogens (primary N) is 1. The molecule has 1 aromatic rings. The standard InChI is InChI=1S/C11H17ClN2O/c12-10-4-2-9(3-5-10)11(15)8-14-7-1-6-13/h2-5,11,14-15H,1,6-8,13H2. The van der Waals surface area contributed by atoms with Crippen molar-refractivity contribution in [3.8, 4) is 0 Å². The van der Waals surface area contributed by atoms with Crippen LogP contribution in [0.2, 0.25) is 5.02 Å². The van der Waals surface area contributed by atoms with E-state index < -0.39 is 6.10 Å². The summed E-state index contributed by atoms with van der Waals surface area (Å²) in [6.07, 6.45) is 0.438. The summed E-state index contributed by atoms with van der Waals surface area (Å²) >= 11 is 5.75. The molecule has 4 heteroatoms. The maximum absolute atomic E-state index is 9.77. The fourth-order valence-corrected chi connectivity index (χ4v) is 1.39. The van der Waals surface area contributed by atoms with Gasteiger partial charge in [-0.25, -0.2) is 0 Å². The van der Waals surface area contributed by atoms with E-state index in [1.54, 1.807) is 12.1 Å². The first-order chi connectivity index (χ1) is 7.24. The first-order valence-electron chi connectivity index (χ1n) is 5.08. The third kappa shape index (κ3) is 4.62. The van der Waals surface area contributed by atoms with E-state index >= 15 is 0 Å². The Morgan fingerprint density at radius 3 is 2.60 bits per heavy atom. The Morgan fingerprint density at radius 1 is 1.33 bits per heavy atom. The molecule has 0 fully saturated rings. The number of aliphatic hydroxyl groups excluding tert-OH is 1. The molecule has 0 saturated heterocycles. The van der Waals surface area contributed by atoms with E-state index in [1.165, 1.54) is 0 Å². The number of halogens is 1. The summed E-state index contributed by atoms with van der Waals surface area (Å²) in [6, 6.07) is 7.22. The minimum absolute atomic E-state index is 0.486. The average molecular weight is 229 g/mol. The lowest BCUT2D eigenvalue weighted by Crippen LogP contribution is -2.24. The molecule has 0 aliphatic rings. The van der Waals surface area contributed by atoms with Gasteiger partial charge in [0.15, 0.2) is 0 Å². The Hall–Kier alpha value is -0.610. The number of hydrogen-bond acceptors (Lipinski definition) is 3. The summed E-state index contributed by atoms with van der Waals surface area (Å²) in [7, 11) is 0. The maximum Gasteiger partial charge on any atom is 0.0914 e. The van der Waals surface area contributed by atoms with Gasteiger partial charge in [0.25, 0.3) is 0 Å². The topological polar surface area (TPSA) is 58.3 Å². The molecular weight excluding hydrogens is 212 g/mol. The summed E-state index contributed by atoms with van der Waals surface area (Å²) in [4.78, 5) is 0. The van der Waals surface area contributed by atoms with Gasteiger partial charge in [-0.3, -0.25) is 0 Å². The van der Waals surface area contributed by atoms with E-state index in [1.807, 2.05) is 12.1 Å². The van der Waals surface area contributed by atoms with Crippen LogP contribution in [-0.2, 0) is 0 Å². The van der Waals surface area contributed by atoms with Gasteiger partial charge in [0.1, 0.15) is 0 Å². The highest BCUT2D eigenvalue weighted by atomic mass is 35.5. The molecule has 0 saturated carbocycles. The minimum atomic E-state index is -0.486. The highest BCUT2D eigenvalue weighted by Gasteiger charge is 2.05. The van der Waals surface area contributed by atoms with Crippen LogP contribution in [0.3, 0.4) is 0 Å². The zero-order chi connectivity index (χ0) is 11.1. The zero-order valence-electron chi connectivity index (χ0n) is 8.62. The van der Waals surface area contributed by atoms with Gasteiger partial charge in [-0.1, -0.05) is 23.7 Å². The van der Waals surface area contributed by atoms with Gasteiger partial charge < -0.3 is 16.2 Å². The van der Waals surface area contributed by atoms with Crippen LogP contribution < -0.4 is 11.1 Å². The van der Waals surface area contributed by atoms with Gasteiger partial charge >= 0.3 is 0 Å². The van der Waals surface area contributed by atoms with Crippen LogP contribution in [-0.4, -0.2) is 24.7 Å². The van der Waals surface area contributed by atoms with E-state index in [0.717, 1.165) is 18.5 Å². The largest absolute Gasteiger partial charge is 0.387 e.